The van der Waals surface area contributed by atoms with E-state index < -0.39 is 6.98 Å². The molecule has 0 unspecified atom stereocenters. The van der Waals surface area contributed by atoms with Crippen molar-refractivity contribution < 1.29 is 8.68 Å². The molecule has 96 valence electrons. The molecule has 0 saturated heterocycles. The number of hydrogen-bond donors (Lipinski definition) is 0. The van der Waals surface area contributed by atoms with Crippen LogP contribution in [-0.2, 0) is 13.5 Å². The Labute approximate surface area is 119 Å². The van der Waals surface area contributed by atoms with Crippen molar-refractivity contribution in [2.75, 3.05) is 0 Å². The lowest BCUT2D eigenvalue weighted by atomic mass is 10.2. The van der Waals surface area contributed by atoms with Crippen LogP contribution in [0.25, 0.3) is 28.1 Å². The van der Waals surface area contributed by atoms with Gasteiger partial charge in [0.25, 0.3) is 0 Å². The molecule has 4 aromatic heterocycles. The third kappa shape index (κ3) is 1.02. The zero-order chi connectivity index (χ0) is 15.8. The van der Waals surface area contributed by atoms with E-state index in [1.54, 1.807) is 18.6 Å². The van der Waals surface area contributed by atoms with Gasteiger partial charge in [0.15, 0.2) is 11.2 Å². The monoisotopic (exact) mass is 265 g/mol. The van der Waals surface area contributed by atoms with E-state index in [2.05, 4.69) is 9.97 Å². The highest BCUT2D eigenvalue weighted by Gasteiger charge is 2.35. The normalized spacial score (nSPS) is 15.9. The molecule has 0 atom stereocenters. The van der Waals surface area contributed by atoms with Crippen LogP contribution >= 0.6 is 0 Å². The molecule has 1 aliphatic rings. The van der Waals surface area contributed by atoms with Gasteiger partial charge in [-0.1, -0.05) is 6.07 Å². The van der Waals surface area contributed by atoms with E-state index in [4.69, 9.17) is 4.11 Å². The first-order valence-electron chi connectivity index (χ1n) is 7.89. The van der Waals surface area contributed by atoms with Gasteiger partial charge in [-0.05, 0) is 6.07 Å². The minimum atomic E-state index is -2.28. The maximum atomic E-state index is 7.99. The summed E-state index contributed by atoms with van der Waals surface area (Å²) >= 11 is 0. The van der Waals surface area contributed by atoms with E-state index in [9.17, 15) is 0 Å². The maximum Gasteiger partial charge on any atom is 0.309 e. The second-order valence-corrected chi connectivity index (χ2v) is 4.99. The summed E-state index contributed by atoms with van der Waals surface area (Å²) in [5, 5.41) is 0. The highest BCUT2D eigenvalue weighted by molar-refractivity contribution is 5.91. The summed E-state index contributed by atoms with van der Waals surface area (Å²) in [6.45, 7) is -1.66. The molecule has 1 aliphatic heterocycles. The summed E-state index contributed by atoms with van der Waals surface area (Å²) in [5.41, 5.74) is 4.21. The number of pyridine rings is 1. The van der Waals surface area contributed by atoms with Crippen molar-refractivity contribution in [3.63, 3.8) is 0 Å². The van der Waals surface area contributed by atoms with Crippen molar-refractivity contribution in [2.45, 2.75) is 6.54 Å². The summed E-state index contributed by atoms with van der Waals surface area (Å²) in [7, 11) is 0. The van der Waals surface area contributed by atoms with Gasteiger partial charge in [-0.3, -0.25) is 4.98 Å². The Morgan fingerprint density at radius 1 is 1.35 bits per heavy atom. The average molecular weight is 265 g/mol. The Balaban J connectivity index is 2.01. The van der Waals surface area contributed by atoms with E-state index >= 15 is 0 Å². The molecule has 0 aromatic carbocycles. The van der Waals surface area contributed by atoms with Gasteiger partial charge < -0.3 is 4.40 Å². The molecular weight excluding hydrogens is 250 g/mol. The third-order valence-electron chi connectivity index (χ3n) is 3.94. The predicted octanol–water partition coefficient (Wildman–Crippen LogP) is 1.54. The number of nitrogens with zero attached hydrogens (tertiary/aromatic N) is 5. The molecule has 5 heterocycles. The Hall–Kier alpha value is -2.69. The highest BCUT2D eigenvalue weighted by Crippen LogP contribution is 2.30. The number of aromatic nitrogens is 5. The first-order chi connectivity index (χ1) is 11.1. The van der Waals surface area contributed by atoms with Gasteiger partial charge in [0.1, 0.15) is 12.1 Å². The van der Waals surface area contributed by atoms with Crippen molar-refractivity contribution in [1.82, 2.24) is 18.9 Å². The number of imidazole rings is 1. The Morgan fingerprint density at radius 3 is 3.30 bits per heavy atom. The molecule has 0 saturated carbocycles. The smallest absolute Gasteiger partial charge is 0.309 e. The minimum absolute atomic E-state index is 0.618. The van der Waals surface area contributed by atoms with Crippen molar-refractivity contribution in [3.8, 4) is 11.5 Å². The van der Waals surface area contributed by atoms with Crippen molar-refractivity contribution in [2.24, 2.45) is 6.98 Å². The molecule has 0 aliphatic carbocycles. The van der Waals surface area contributed by atoms with Crippen molar-refractivity contribution >= 4 is 16.6 Å². The molecule has 20 heavy (non-hydrogen) atoms. The summed E-state index contributed by atoms with van der Waals surface area (Å²) in [5.74, 6) is 0.636. The summed E-state index contributed by atoms with van der Waals surface area (Å²) in [6, 6.07) is 3.86. The molecule has 0 amide bonds. The van der Waals surface area contributed by atoms with Crippen molar-refractivity contribution in [3.05, 3.63) is 48.7 Å². The fourth-order valence-corrected chi connectivity index (χ4v) is 3.10. The Kier molecular flexibility index (Phi) is 1.27. The Bertz CT molecular complexity index is 1090. The average Bonchev–Trinajstić information content (AvgIpc) is 3.12. The molecule has 0 radical (unpaired) electrons. The van der Waals surface area contributed by atoms with Crippen LogP contribution in [0.4, 0.5) is 0 Å². The first-order valence-corrected chi connectivity index (χ1v) is 6.39. The molecule has 4 aromatic rings. The fourth-order valence-electron chi connectivity index (χ4n) is 3.10. The number of fused-ring (bicyclic) bond motifs is 7. The van der Waals surface area contributed by atoms with Crippen LogP contribution in [0.2, 0.25) is 0 Å². The Morgan fingerprint density at radius 2 is 2.35 bits per heavy atom. The van der Waals surface area contributed by atoms with Crippen molar-refractivity contribution in [1.29, 1.82) is 0 Å². The lowest BCUT2D eigenvalue weighted by molar-refractivity contribution is -0.645. The summed E-state index contributed by atoms with van der Waals surface area (Å²) in [6.07, 6.45) is 8.81. The lowest BCUT2D eigenvalue weighted by Gasteiger charge is -1.94. The number of aryl methyl sites for hydroxylation is 1. The summed E-state index contributed by atoms with van der Waals surface area (Å²) in [4.78, 5) is 8.60. The molecule has 0 N–H and O–H groups in total. The molecule has 0 fully saturated rings. The van der Waals surface area contributed by atoms with Crippen LogP contribution in [0.15, 0.2) is 43.1 Å². The van der Waals surface area contributed by atoms with Crippen LogP contribution in [0.1, 0.15) is 9.68 Å². The highest BCUT2D eigenvalue weighted by atomic mass is 15.2. The number of rotatable bonds is 0. The van der Waals surface area contributed by atoms with Crippen LogP contribution in [-0.4, -0.2) is 18.9 Å². The lowest BCUT2D eigenvalue weighted by Crippen LogP contribution is -2.31. The van der Waals surface area contributed by atoms with E-state index in [0.717, 1.165) is 22.3 Å². The van der Waals surface area contributed by atoms with Gasteiger partial charge in [0, 0.05) is 24.2 Å². The molecule has 5 rings (SSSR count). The molecular formula is C15H12N5+. The largest absolute Gasteiger partial charge is 0.313 e. The fraction of sp³-hybridized carbons (Fsp3) is 0.133. The van der Waals surface area contributed by atoms with Gasteiger partial charge in [0.05, 0.1) is 23.5 Å². The molecule has 5 heteroatoms. The maximum absolute atomic E-state index is 7.99. The molecule has 5 nitrogen and oxygen atoms in total. The quantitative estimate of drug-likeness (QED) is 0.398. The van der Waals surface area contributed by atoms with Crippen LogP contribution in [0, 0.1) is 0 Å². The third-order valence-corrected chi connectivity index (χ3v) is 3.94. The van der Waals surface area contributed by atoms with E-state index in [1.165, 1.54) is 4.57 Å². The first kappa shape index (κ1) is 7.79. The summed E-state index contributed by atoms with van der Waals surface area (Å²) < 4.78 is 29.3. The number of hydrogen-bond acceptors (Lipinski definition) is 2. The second kappa shape index (κ2) is 3.25. The molecule has 0 spiro atoms. The van der Waals surface area contributed by atoms with E-state index in [0.29, 0.717) is 17.9 Å². The topological polar surface area (TPSA) is 39.0 Å². The zero-order valence-electron chi connectivity index (χ0n) is 13.5. The van der Waals surface area contributed by atoms with Crippen LogP contribution in [0.5, 0.6) is 0 Å². The second-order valence-electron chi connectivity index (χ2n) is 4.99. The van der Waals surface area contributed by atoms with E-state index in [1.807, 2.05) is 33.5 Å². The van der Waals surface area contributed by atoms with Gasteiger partial charge in [0.2, 0.25) is 5.52 Å². The van der Waals surface area contributed by atoms with E-state index in [-0.39, 0.29) is 0 Å². The van der Waals surface area contributed by atoms with Crippen LogP contribution < -0.4 is 4.57 Å². The zero-order valence-corrected chi connectivity index (χ0v) is 10.5. The minimum Gasteiger partial charge on any atom is -0.313 e. The SMILES string of the molecule is [2H]C([2H])([2H])n1c2[n+](c3c1cn1ccncc31)Cc1cccnc1-2. The van der Waals surface area contributed by atoms with Gasteiger partial charge in [-0.2, -0.15) is 0 Å². The predicted molar refractivity (Wildman–Crippen MR) is 74.2 cm³/mol. The standard InChI is InChI=1S/C15H12N5/c1-18-12-9-19-6-5-16-7-11(19)14(12)20-8-10-3-2-4-17-13(10)15(18)20/h2-7,9H,8H2,1H3/q+1/i1D3. The van der Waals surface area contributed by atoms with Crippen LogP contribution in [0.3, 0.4) is 0 Å². The van der Waals surface area contributed by atoms with Gasteiger partial charge >= 0.3 is 5.82 Å². The molecule has 0 bridgehead atoms. The van der Waals surface area contributed by atoms with Gasteiger partial charge in [-0.25, -0.2) is 14.1 Å². The van der Waals surface area contributed by atoms with Gasteiger partial charge in [-0.15, -0.1) is 0 Å².